The number of aliphatic hydroxyl groups is 1. The Hall–Kier alpha value is -0.570. The summed E-state index contributed by atoms with van der Waals surface area (Å²) in [6.07, 6.45) is 6.94. The molecule has 0 aromatic carbocycles. The Morgan fingerprint density at radius 2 is 1.94 bits per heavy atom. The Labute approximate surface area is 103 Å². The predicted molar refractivity (Wildman–Crippen MR) is 63.3 cm³/mol. The van der Waals surface area contributed by atoms with E-state index in [2.05, 4.69) is 6.92 Å². The Balaban J connectivity index is 1.63. The van der Waals surface area contributed by atoms with Crippen LogP contribution in [0.3, 0.4) is 0 Å². The van der Waals surface area contributed by atoms with Crippen LogP contribution in [0.4, 0.5) is 0 Å². The van der Waals surface area contributed by atoms with E-state index in [4.69, 9.17) is 4.74 Å². The van der Waals surface area contributed by atoms with Crippen LogP contribution in [0.15, 0.2) is 0 Å². The van der Waals surface area contributed by atoms with Crippen LogP contribution < -0.4 is 0 Å². The van der Waals surface area contributed by atoms with Crippen molar-refractivity contribution in [3.8, 4) is 0 Å². The van der Waals surface area contributed by atoms with Crippen LogP contribution in [0.1, 0.15) is 51.9 Å². The molecule has 2 bridgehead atoms. The number of fused-ring (bicyclic) bond motifs is 2. The fourth-order valence-corrected chi connectivity index (χ4v) is 4.13. The lowest BCUT2D eigenvalue weighted by molar-refractivity contribution is -0.166. The third-order valence-electron chi connectivity index (χ3n) is 5.09. The minimum absolute atomic E-state index is 0.0267. The zero-order valence-corrected chi connectivity index (χ0v) is 10.5. The molecule has 3 aliphatic rings. The van der Waals surface area contributed by atoms with Gasteiger partial charge in [0.15, 0.2) is 0 Å². The number of carbonyl (C=O) groups excluding carboxylic acids is 1. The minimum atomic E-state index is -0.261. The van der Waals surface area contributed by atoms with E-state index in [1.165, 1.54) is 12.8 Å². The summed E-state index contributed by atoms with van der Waals surface area (Å²) in [5, 5.41) is 9.86. The summed E-state index contributed by atoms with van der Waals surface area (Å²) in [5.41, 5.74) is -0.218. The Bertz CT molecular complexity index is 319. The first-order valence-electron chi connectivity index (χ1n) is 6.98. The van der Waals surface area contributed by atoms with Gasteiger partial charge in [-0.2, -0.15) is 0 Å². The highest BCUT2D eigenvalue weighted by molar-refractivity contribution is 5.74. The molecule has 3 fully saturated rings. The number of carbonyl (C=O) groups is 1. The molecule has 17 heavy (non-hydrogen) atoms. The third kappa shape index (κ3) is 1.99. The molecule has 0 amide bonds. The molecule has 0 spiro atoms. The molecule has 3 aliphatic carbocycles. The van der Waals surface area contributed by atoms with Crippen molar-refractivity contribution in [2.24, 2.45) is 17.8 Å². The summed E-state index contributed by atoms with van der Waals surface area (Å²) in [6, 6.07) is 0. The lowest BCUT2D eigenvalue weighted by Gasteiger charge is -2.30. The predicted octanol–water partition coefficient (Wildman–Crippen LogP) is 2.27. The SMILES string of the molecule is CC1(OC(=O)C2CC3CC(O)C2C3)CCCC1. The fraction of sp³-hybridized carbons (Fsp3) is 0.929. The van der Waals surface area contributed by atoms with E-state index in [9.17, 15) is 9.90 Å². The first kappa shape index (κ1) is 11.5. The van der Waals surface area contributed by atoms with Crippen molar-refractivity contribution < 1.29 is 14.6 Å². The average molecular weight is 238 g/mol. The molecule has 0 aromatic rings. The first-order valence-corrected chi connectivity index (χ1v) is 6.98. The molecule has 1 N–H and O–H groups in total. The standard InChI is InChI=1S/C14H22O3/c1-14(4-2-3-5-14)17-13(16)11-7-9-6-10(11)12(15)8-9/h9-12,15H,2-8H2,1H3. The van der Waals surface area contributed by atoms with E-state index in [0.717, 1.165) is 32.1 Å². The number of rotatable bonds is 2. The molecule has 0 saturated heterocycles. The highest BCUT2D eigenvalue weighted by Crippen LogP contribution is 2.49. The van der Waals surface area contributed by atoms with Crippen molar-refractivity contribution in [2.45, 2.75) is 63.6 Å². The molecule has 0 aliphatic heterocycles. The maximum absolute atomic E-state index is 12.2. The smallest absolute Gasteiger partial charge is 0.309 e. The monoisotopic (exact) mass is 238 g/mol. The van der Waals surface area contributed by atoms with Gasteiger partial charge in [0, 0.05) is 0 Å². The summed E-state index contributed by atoms with van der Waals surface area (Å²) in [5.74, 6) is 0.670. The summed E-state index contributed by atoms with van der Waals surface area (Å²) >= 11 is 0. The van der Waals surface area contributed by atoms with Crippen LogP contribution in [-0.4, -0.2) is 22.8 Å². The van der Waals surface area contributed by atoms with Crippen molar-refractivity contribution in [3.05, 3.63) is 0 Å². The van der Waals surface area contributed by atoms with Crippen molar-refractivity contribution in [1.29, 1.82) is 0 Å². The van der Waals surface area contributed by atoms with Gasteiger partial charge in [0.1, 0.15) is 5.60 Å². The average Bonchev–Trinajstić information content (AvgIpc) is 2.92. The van der Waals surface area contributed by atoms with Crippen molar-refractivity contribution in [3.63, 3.8) is 0 Å². The maximum atomic E-state index is 12.2. The van der Waals surface area contributed by atoms with Gasteiger partial charge in [0.25, 0.3) is 0 Å². The lowest BCUT2D eigenvalue weighted by atomic mass is 9.86. The van der Waals surface area contributed by atoms with Gasteiger partial charge in [0.05, 0.1) is 12.0 Å². The van der Waals surface area contributed by atoms with Gasteiger partial charge in [-0.05, 0) is 63.7 Å². The van der Waals surface area contributed by atoms with Crippen LogP contribution in [0.2, 0.25) is 0 Å². The first-order chi connectivity index (χ1) is 8.07. The zero-order chi connectivity index (χ0) is 12.0. The largest absolute Gasteiger partial charge is 0.459 e. The minimum Gasteiger partial charge on any atom is -0.459 e. The molecule has 0 heterocycles. The van der Waals surface area contributed by atoms with Gasteiger partial charge in [-0.15, -0.1) is 0 Å². The normalized spacial score (nSPS) is 42.9. The summed E-state index contributed by atoms with van der Waals surface area (Å²) in [4.78, 5) is 12.2. The number of hydrogen-bond acceptors (Lipinski definition) is 3. The van der Waals surface area contributed by atoms with E-state index in [1.54, 1.807) is 0 Å². The number of aliphatic hydroxyl groups excluding tert-OH is 1. The molecule has 3 heteroatoms. The number of esters is 1. The van der Waals surface area contributed by atoms with E-state index in [1.807, 2.05) is 0 Å². The van der Waals surface area contributed by atoms with E-state index < -0.39 is 0 Å². The second kappa shape index (κ2) is 3.98. The second-order valence-electron chi connectivity index (χ2n) is 6.49. The molecule has 4 unspecified atom stereocenters. The second-order valence-corrected chi connectivity index (χ2v) is 6.49. The number of hydrogen-bond donors (Lipinski definition) is 1. The molecule has 3 rings (SSSR count). The van der Waals surface area contributed by atoms with Crippen LogP contribution in [0.25, 0.3) is 0 Å². The molecular formula is C14H22O3. The molecule has 0 aromatic heterocycles. The van der Waals surface area contributed by atoms with Crippen molar-refractivity contribution in [1.82, 2.24) is 0 Å². The lowest BCUT2D eigenvalue weighted by Crippen LogP contribution is -2.36. The van der Waals surface area contributed by atoms with E-state index in [0.29, 0.717) is 5.92 Å². The van der Waals surface area contributed by atoms with Crippen LogP contribution in [-0.2, 0) is 9.53 Å². The number of ether oxygens (including phenoxy) is 1. The van der Waals surface area contributed by atoms with E-state index >= 15 is 0 Å². The van der Waals surface area contributed by atoms with Gasteiger partial charge in [0.2, 0.25) is 0 Å². The fourth-order valence-electron chi connectivity index (χ4n) is 4.13. The topological polar surface area (TPSA) is 46.5 Å². The summed E-state index contributed by atoms with van der Waals surface area (Å²) in [6.45, 7) is 2.06. The molecular weight excluding hydrogens is 216 g/mol. The zero-order valence-electron chi connectivity index (χ0n) is 10.5. The van der Waals surface area contributed by atoms with Crippen LogP contribution >= 0.6 is 0 Å². The molecule has 4 atom stereocenters. The summed E-state index contributed by atoms with van der Waals surface area (Å²) in [7, 11) is 0. The Morgan fingerprint density at radius 3 is 2.53 bits per heavy atom. The van der Waals surface area contributed by atoms with Gasteiger partial charge in [-0.1, -0.05) is 0 Å². The van der Waals surface area contributed by atoms with E-state index in [-0.39, 0.29) is 29.5 Å². The Morgan fingerprint density at radius 1 is 1.24 bits per heavy atom. The van der Waals surface area contributed by atoms with Gasteiger partial charge in [-0.3, -0.25) is 4.79 Å². The molecule has 96 valence electrons. The maximum Gasteiger partial charge on any atom is 0.309 e. The summed E-state index contributed by atoms with van der Waals surface area (Å²) < 4.78 is 5.73. The quantitative estimate of drug-likeness (QED) is 0.751. The van der Waals surface area contributed by atoms with Gasteiger partial charge < -0.3 is 9.84 Å². The Kier molecular flexibility index (Phi) is 2.69. The van der Waals surface area contributed by atoms with Crippen LogP contribution in [0.5, 0.6) is 0 Å². The molecule has 3 nitrogen and oxygen atoms in total. The highest BCUT2D eigenvalue weighted by atomic mass is 16.6. The molecule has 0 radical (unpaired) electrons. The van der Waals surface area contributed by atoms with Crippen LogP contribution in [0, 0.1) is 17.8 Å². The highest BCUT2D eigenvalue weighted by Gasteiger charge is 2.50. The molecule has 3 saturated carbocycles. The van der Waals surface area contributed by atoms with Crippen molar-refractivity contribution >= 4 is 5.97 Å². The van der Waals surface area contributed by atoms with Gasteiger partial charge in [-0.25, -0.2) is 0 Å². The van der Waals surface area contributed by atoms with Gasteiger partial charge >= 0.3 is 5.97 Å². The third-order valence-corrected chi connectivity index (χ3v) is 5.09. The van der Waals surface area contributed by atoms with Crippen molar-refractivity contribution in [2.75, 3.05) is 0 Å².